The average molecular weight is 417 g/mol. The first-order valence-corrected chi connectivity index (χ1v) is 10.9. The summed E-state index contributed by atoms with van der Waals surface area (Å²) >= 11 is 0. The van der Waals surface area contributed by atoms with Crippen LogP contribution in [0.1, 0.15) is 52.5 Å². The Balaban J connectivity index is 1.68. The lowest BCUT2D eigenvalue weighted by molar-refractivity contribution is 0.0893. The molecule has 0 atom stereocenters. The molecule has 5 heteroatoms. The second kappa shape index (κ2) is 9.31. The van der Waals surface area contributed by atoms with Crippen molar-refractivity contribution >= 4 is 34.0 Å². The van der Waals surface area contributed by atoms with Gasteiger partial charge in [0.05, 0.1) is 5.69 Å². The molecule has 0 fully saturated rings. The van der Waals surface area contributed by atoms with Crippen LogP contribution >= 0.6 is 0 Å². The van der Waals surface area contributed by atoms with Gasteiger partial charge in [0.15, 0.2) is 0 Å². The fourth-order valence-corrected chi connectivity index (χ4v) is 4.12. The van der Waals surface area contributed by atoms with Gasteiger partial charge in [-0.1, -0.05) is 37.6 Å². The number of carbonyl (C=O) groups is 2. The first-order valence-electron chi connectivity index (χ1n) is 10.9. The van der Waals surface area contributed by atoms with Crippen LogP contribution in [0.4, 0.5) is 11.4 Å². The lowest BCUT2D eigenvalue weighted by Crippen LogP contribution is -2.40. The van der Waals surface area contributed by atoms with Gasteiger partial charge in [-0.3, -0.25) is 9.59 Å². The van der Waals surface area contributed by atoms with Crippen LogP contribution < -0.4 is 10.2 Å². The molecular weight excluding hydrogens is 388 g/mol. The number of imide groups is 1. The standard InChI is InChI=1S/C26H28N2O3/c1-3-4-7-18-10-12-19(13-11-18)28-25(29)21-9-5-8-20-23(27-16-6-17-31-2)15-14-22(24(20)21)26(28)30/h5,8-15,27H,3-4,6-7,16-17H2,1-2H3. The van der Waals surface area contributed by atoms with Gasteiger partial charge in [-0.15, -0.1) is 0 Å². The van der Waals surface area contributed by atoms with E-state index in [9.17, 15) is 9.59 Å². The Bertz CT molecular complexity index is 1080. The predicted octanol–water partition coefficient (Wildman–Crippen LogP) is 5.43. The Labute approximate surface area is 183 Å². The number of anilines is 2. The van der Waals surface area contributed by atoms with Gasteiger partial charge >= 0.3 is 0 Å². The number of nitrogens with one attached hydrogen (secondary N) is 1. The second-order valence-electron chi connectivity index (χ2n) is 7.88. The molecule has 0 aromatic heterocycles. The Kier molecular flexibility index (Phi) is 6.33. The Hall–Kier alpha value is -3.18. The van der Waals surface area contributed by atoms with Crippen LogP contribution in [0.3, 0.4) is 0 Å². The molecule has 0 spiro atoms. The number of carbonyl (C=O) groups excluding carboxylic acids is 2. The van der Waals surface area contributed by atoms with Crippen molar-refractivity contribution in [2.75, 3.05) is 30.5 Å². The molecule has 0 saturated heterocycles. The van der Waals surface area contributed by atoms with Gasteiger partial charge in [-0.2, -0.15) is 0 Å². The van der Waals surface area contributed by atoms with E-state index < -0.39 is 0 Å². The number of amides is 2. The van der Waals surface area contributed by atoms with Crippen LogP contribution in [-0.4, -0.2) is 32.1 Å². The van der Waals surface area contributed by atoms with Crippen molar-refractivity contribution in [2.45, 2.75) is 32.6 Å². The number of benzene rings is 3. The van der Waals surface area contributed by atoms with Crippen LogP contribution in [0.2, 0.25) is 0 Å². The number of hydrogen-bond acceptors (Lipinski definition) is 4. The monoisotopic (exact) mass is 416 g/mol. The van der Waals surface area contributed by atoms with E-state index in [-0.39, 0.29) is 11.8 Å². The highest BCUT2D eigenvalue weighted by Gasteiger charge is 2.34. The Morgan fingerprint density at radius 1 is 0.903 bits per heavy atom. The molecule has 1 aliphatic heterocycles. The van der Waals surface area contributed by atoms with Gasteiger partial charge in [0.1, 0.15) is 0 Å². The number of methoxy groups -OCH3 is 1. The normalized spacial score (nSPS) is 13.2. The third-order valence-corrected chi connectivity index (χ3v) is 5.76. The van der Waals surface area contributed by atoms with E-state index in [2.05, 4.69) is 12.2 Å². The Morgan fingerprint density at radius 3 is 2.35 bits per heavy atom. The second-order valence-corrected chi connectivity index (χ2v) is 7.88. The van der Waals surface area contributed by atoms with Crippen LogP contribution in [0, 0.1) is 0 Å². The van der Waals surface area contributed by atoms with Crippen LogP contribution in [0.25, 0.3) is 10.8 Å². The third kappa shape index (κ3) is 4.06. The summed E-state index contributed by atoms with van der Waals surface area (Å²) in [5.41, 5.74) is 3.87. The van der Waals surface area contributed by atoms with E-state index in [1.54, 1.807) is 13.2 Å². The lowest BCUT2D eigenvalue weighted by atomic mass is 9.92. The van der Waals surface area contributed by atoms with E-state index in [0.717, 1.165) is 48.7 Å². The molecule has 1 aliphatic rings. The first kappa shape index (κ1) is 21.1. The number of hydrogen-bond donors (Lipinski definition) is 1. The van der Waals surface area contributed by atoms with Crippen molar-refractivity contribution in [2.24, 2.45) is 0 Å². The molecule has 3 aromatic carbocycles. The van der Waals surface area contributed by atoms with Crippen molar-refractivity contribution < 1.29 is 14.3 Å². The van der Waals surface area contributed by atoms with Gasteiger partial charge in [-0.25, -0.2) is 4.90 Å². The molecule has 2 amide bonds. The van der Waals surface area contributed by atoms with E-state index in [0.29, 0.717) is 23.4 Å². The zero-order chi connectivity index (χ0) is 21.8. The minimum absolute atomic E-state index is 0.277. The van der Waals surface area contributed by atoms with E-state index >= 15 is 0 Å². The van der Waals surface area contributed by atoms with Crippen LogP contribution in [0.15, 0.2) is 54.6 Å². The Morgan fingerprint density at radius 2 is 1.65 bits per heavy atom. The molecular formula is C26H28N2O3. The largest absolute Gasteiger partial charge is 0.385 e. The summed E-state index contributed by atoms with van der Waals surface area (Å²) < 4.78 is 5.11. The molecule has 0 aliphatic carbocycles. The van der Waals surface area contributed by atoms with Gasteiger partial charge in [0, 0.05) is 47.8 Å². The molecule has 5 nitrogen and oxygen atoms in total. The summed E-state index contributed by atoms with van der Waals surface area (Å²) in [6.07, 6.45) is 4.13. The minimum Gasteiger partial charge on any atom is -0.385 e. The van der Waals surface area contributed by atoms with Gasteiger partial charge in [0.25, 0.3) is 11.8 Å². The number of unbranched alkanes of at least 4 members (excludes halogenated alkanes) is 1. The van der Waals surface area contributed by atoms with Gasteiger partial charge in [-0.05, 0) is 55.2 Å². The number of rotatable bonds is 9. The van der Waals surface area contributed by atoms with Crippen molar-refractivity contribution in [1.29, 1.82) is 0 Å². The molecule has 1 heterocycles. The quantitative estimate of drug-likeness (QED) is 0.373. The maximum absolute atomic E-state index is 13.3. The zero-order valence-electron chi connectivity index (χ0n) is 18.1. The molecule has 0 unspecified atom stereocenters. The van der Waals surface area contributed by atoms with E-state index in [4.69, 9.17) is 4.74 Å². The lowest BCUT2D eigenvalue weighted by Gasteiger charge is -2.28. The molecule has 0 radical (unpaired) electrons. The molecule has 160 valence electrons. The number of nitrogens with zero attached hydrogens (tertiary/aromatic N) is 1. The number of aryl methyl sites for hydroxylation is 1. The molecule has 31 heavy (non-hydrogen) atoms. The summed E-state index contributed by atoms with van der Waals surface area (Å²) in [7, 11) is 1.68. The zero-order valence-corrected chi connectivity index (χ0v) is 18.1. The maximum atomic E-state index is 13.3. The van der Waals surface area contributed by atoms with Crippen LogP contribution in [0.5, 0.6) is 0 Å². The maximum Gasteiger partial charge on any atom is 0.265 e. The first-order chi connectivity index (χ1) is 15.2. The smallest absolute Gasteiger partial charge is 0.265 e. The van der Waals surface area contributed by atoms with Gasteiger partial charge < -0.3 is 10.1 Å². The van der Waals surface area contributed by atoms with E-state index in [1.807, 2.05) is 48.5 Å². The fraction of sp³-hybridized carbons (Fsp3) is 0.308. The highest BCUT2D eigenvalue weighted by molar-refractivity contribution is 6.36. The van der Waals surface area contributed by atoms with Crippen molar-refractivity contribution in [3.8, 4) is 0 Å². The summed E-state index contributed by atoms with van der Waals surface area (Å²) in [5, 5.41) is 5.02. The summed E-state index contributed by atoms with van der Waals surface area (Å²) in [6.45, 7) is 3.60. The predicted molar refractivity (Wildman–Crippen MR) is 125 cm³/mol. The van der Waals surface area contributed by atoms with Crippen LogP contribution in [-0.2, 0) is 11.2 Å². The molecule has 0 saturated carbocycles. The molecule has 0 bridgehead atoms. The summed E-state index contributed by atoms with van der Waals surface area (Å²) in [5.74, 6) is -0.554. The fourth-order valence-electron chi connectivity index (χ4n) is 4.12. The summed E-state index contributed by atoms with van der Waals surface area (Å²) in [6, 6.07) is 17.1. The molecule has 4 rings (SSSR count). The van der Waals surface area contributed by atoms with Gasteiger partial charge in [0.2, 0.25) is 0 Å². The topological polar surface area (TPSA) is 58.6 Å². The average Bonchev–Trinajstić information content (AvgIpc) is 2.80. The highest BCUT2D eigenvalue weighted by Crippen LogP contribution is 2.36. The third-order valence-electron chi connectivity index (χ3n) is 5.76. The molecule has 1 N–H and O–H groups in total. The summed E-state index contributed by atoms with van der Waals surface area (Å²) in [4.78, 5) is 28.0. The number of ether oxygens (including phenoxy) is 1. The van der Waals surface area contributed by atoms with Crippen molar-refractivity contribution in [1.82, 2.24) is 0 Å². The molecule has 3 aromatic rings. The highest BCUT2D eigenvalue weighted by atomic mass is 16.5. The SMILES string of the molecule is CCCCc1ccc(N2C(=O)c3cccc4c(NCCCOC)ccc(c34)C2=O)cc1. The minimum atomic E-state index is -0.277. The van der Waals surface area contributed by atoms with Crippen molar-refractivity contribution in [3.05, 3.63) is 71.3 Å². The van der Waals surface area contributed by atoms with E-state index in [1.165, 1.54) is 10.5 Å². The van der Waals surface area contributed by atoms with Crippen molar-refractivity contribution in [3.63, 3.8) is 0 Å².